The first kappa shape index (κ1) is 21.4. The van der Waals surface area contributed by atoms with Crippen LogP contribution in [0.15, 0.2) is 9.52 Å². The molecule has 0 aromatic carbocycles. The Labute approximate surface area is 152 Å². The minimum atomic E-state index is 0.301. The third kappa shape index (κ3) is 7.86. The number of nitrogens with one attached hydrogen (secondary N) is 2. The summed E-state index contributed by atoms with van der Waals surface area (Å²) in [7, 11) is 1.80. The van der Waals surface area contributed by atoms with E-state index in [9.17, 15) is 0 Å². The van der Waals surface area contributed by atoms with Crippen LogP contribution in [0.4, 0.5) is 0 Å². The van der Waals surface area contributed by atoms with Crippen molar-refractivity contribution < 1.29 is 4.52 Å². The van der Waals surface area contributed by atoms with Gasteiger partial charge in [-0.15, -0.1) is 0 Å². The summed E-state index contributed by atoms with van der Waals surface area (Å²) in [6, 6.07) is 1.09. The van der Waals surface area contributed by atoms with E-state index in [1.165, 1.54) is 0 Å². The standard InChI is InChI=1S/C18H36N6O/c1-13(2)17-22-16(25-23-17)9-8-10-20-18(19-7)21-11-12-24(14(3)4)15(5)6/h13-15H,8-12H2,1-7H3,(H2,19,20,21). The molecule has 1 aromatic rings. The number of nitrogens with zero attached hydrogens (tertiary/aromatic N) is 4. The highest BCUT2D eigenvalue weighted by molar-refractivity contribution is 5.79. The molecular formula is C18H36N6O. The van der Waals surface area contributed by atoms with E-state index >= 15 is 0 Å². The zero-order valence-electron chi connectivity index (χ0n) is 17.0. The number of rotatable bonds is 10. The largest absolute Gasteiger partial charge is 0.356 e. The molecule has 0 spiro atoms. The highest BCUT2D eigenvalue weighted by atomic mass is 16.5. The van der Waals surface area contributed by atoms with Gasteiger partial charge in [-0.2, -0.15) is 4.98 Å². The molecule has 0 saturated carbocycles. The molecule has 0 aliphatic rings. The number of guanidine groups is 1. The van der Waals surface area contributed by atoms with Gasteiger partial charge in [-0.3, -0.25) is 9.89 Å². The molecule has 0 bridgehead atoms. The zero-order valence-corrected chi connectivity index (χ0v) is 17.0. The van der Waals surface area contributed by atoms with Crippen molar-refractivity contribution in [1.82, 2.24) is 25.7 Å². The van der Waals surface area contributed by atoms with Gasteiger partial charge in [0, 0.05) is 51.1 Å². The average Bonchev–Trinajstić information content (AvgIpc) is 3.01. The predicted molar refractivity (Wildman–Crippen MR) is 103 cm³/mol. The Kier molecular flexibility index (Phi) is 9.49. The smallest absolute Gasteiger partial charge is 0.226 e. The summed E-state index contributed by atoms with van der Waals surface area (Å²) >= 11 is 0. The lowest BCUT2D eigenvalue weighted by atomic mass is 10.2. The van der Waals surface area contributed by atoms with Crippen LogP contribution in [-0.4, -0.2) is 59.8 Å². The summed E-state index contributed by atoms with van der Waals surface area (Å²) in [6.45, 7) is 15.7. The molecule has 1 rings (SSSR count). The fraction of sp³-hybridized carbons (Fsp3) is 0.833. The first-order valence-corrected chi connectivity index (χ1v) is 9.37. The molecular weight excluding hydrogens is 316 g/mol. The maximum Gasteiger partial charge on any atom is 0.226 e. The Morgan fingerprint density at radius 2 is 1.72 bits per heavy atom. The first-order chi connectivity index (χ1) is 11.8. The van der Waals surface area contributed by atoms with E-state index in [1.54, 1.807) is 7.05 Å². The Bertz CT molecular complexity index is 501. The topological polar surface area (TPSA) is 78.6 Å². The lowest BCUT2D eigenvalue weighted by Gasteiger charge is -2.30. The molecule has 144 valence electrons. The van der Waals surface area contributed by atoms with Gasteiger partial charge in [-0.05, 0) is 34.1 Å². The van der Waals surface area contributed by atoms with Gasteiger partial charge in [0.2, 0.25) is 5.89 Å². The van der Waals surface area contributed by atoms with Crippen LogP contribution in [-0.2, 0) is 6.42 Å². The Balaban J connectivity index is 2.25. The highest BCUT2D eigenvalue weighted by Gasteiger charge is 2.13. The van der Waals surface area contributed by atoms with Crippen LogP contribution in [0.3, 0.4) is 0 Å². The normalized spacial score (nSPS) is 12.7. The maximum atomic E-state index is 5.26. The fourth-order valence-corrected chi connectivity index (χ4v) is 2.69. The van der Waals surface area contributed by atoms with Gasteiger partial charge in [-0.25, -0.2) is 0 Å². The van der Waals surface area contributed by atoms with E-state index in [0.29, 0.717) is 23.9 Å². The van der Waals surface area contributed by atoms with Gasteiger partial charge in [0.15, 0.2) is 11.8 Å². The SMILES string of the molecule is CN=C(NCCCc1nc(C(C)C)no1)NCCN(C(C)C)C(C)C. The predicted octanol–water partition coefficient (Wildman–Crippen LogP) is 2.41. The van der Waals surface area contributed by atoms with E-state index in [2.05, 4.69) is 72.2 Å². The maximum absolute atomic E-state index is 5.26. The van der Waals surface area contributed by atoms with E-state index in [4.69, 9.17) is 4.52 Å². The lowest BCUT2D eigenvalue weighted by molar-refractivity contribution is 0.178. The molecule has 1 aromatic heterocycles. The fourth-order valence-electron chi connectivity index (χ4n) is 2.69. The number of aryl methyl sites for hydroxylation is 1. The second-order valence-electron chi connectivity index (χ2n) is 7.16. The Morgan fingerprint density at radius 3 is 2.24 bits per heavy atom. The highest BCUT2D eigenvalue weighted by Crippen LogP contribution is 2.10. The monoisotopic (exact) mass is 352 g/mol. The van der Waals surface area contributed by atoms with Gasteiger partial charge in [0.05, 0.1) is 0 Å². The summed E-state index contributed by atoms with van der Waals surface area (Å²) in [5.41, 5.74) is 0. The molecule has 7 nitrogen and oxygen atoms in total. The third-order valence-corrected chi connectivity index (χ3v) is 4.07. The minimum absolute atomic E-state index is 0.301. The third-order valence-electron chi connectivity index (χ3n) is 4.07. The Morgan fingerprint density at radius 1 is 1.08 bits per heavy atom. The molecule has 2 N–H and O–H groups in total. The van der Waals surface area contributed by atoms with Crippen LogP contribution in [0.5, 0.6) is 0 Å². The molecule has 7 heteroatoms. The quantitative estimate of drug-likeness (QED) is 0.382. The molecule has 1 heterocycles. The van der Waals surface area contributed by atoms with Crippen molar-refractivity contribution in [2.75, 3.05) is 26.7 Å². The van der Waals surface area contributed by atoms with Crippen LogP contribution in [0, 0.1) is 0 Å². The Hall–Kier alpha value is -1.63. The van der Waals surface area contributed by atoms with Crippen molar-refractivity contribution in [3.8, 4) is 0 Å². The molecule has 0 amide bonds. The summed E-state index contributed by atoms with van der Waals surface area (Å²) < 4.78 is 5.26. The molecule has 0 fully saturated rings. The van der Waals surface area contributed by atoms with Crippen LogP contribution in [0.1, 0.15) is 65.6 Å². The lowest BCUT2D eigenvalue weighted by Crippen LogP contribution is -2.45. The molecule has 25 heavy (non-hydrogen) atoms. The van der Waals surface area contributed by atoms with Gasteiger partial charge >= 0.3 is 0 Å². The average molecular weight is 353 g/mol. The number of aliphatic imine (C=N–C) groups is 1. The van der Waals surface area contributed by atoms with Gasteiger partial charge < -0.3 is 15.2 Å². The summed E-state index contributed by atoms with van der Waals surface area (Å²) in [5.74, 6) is 2.62. The molecule has 0 radical (unpaired) electrons. The van der Waals surface area contributed by atoms with E-state index in [-0.39, 0.29) is 0 Å². The zero-order chi connectivity index (χ0) is 18.8. The summed E-state index contributed by atoms with van der Waals surface area (Å²) in [4.78, 5) is 11.1. The van der Waals surface area contributed by atoms with Gasteiger partial charge in [0.25, 0.3) is 0 Å². The summed E-state index contributed by atoms with van der Waals surface area (Å²) in [6.07, 6.45) is 1.70. The molecule has 0 aliphatic carbocycles. The van der Waals surface area contributed by atoms with Crippen LogP contribution in [0.2, 0.25) is 0 Å². The van der Waals surface area contributed by atoms with Crippen molar-refractivity contribution in [2.45, 2.75) is 72.4 Å². The number of hydrogen-bond acceptors (Lipinski definition) is 5. The number of aromatic nitrogens is 2. The summed E-state index contributed by atoms with van der Waals surface area (Å²) in [5, 5.41) is 10.7. The van der Waals surface area contributed by atoms with E-state index in [1.807, 2.05) is 0 Å². The first-order valence-electron chi connectivity index (χ1n) is 9.37. The molecule has 0 saturated heterocycles. The van der Waals surface area contributed by atoms with Crippen molar-refractivity contribution in [3.05, 3.63) is 11.7 Å². The van der Waals surface area contributed by atoms with E-state index < -0.39 is 0 Å². The molecule has 0 atom stereocenters. The van der Waals surface area contributed by atoms with Crippen LogP contribution in [0.25, 0.3) is 0 Å². The molecule has 0 unspecified atom stereocenters. The van der Waals surface area contributed by atoms with Crippen molar-refractivity contribution in [1.29, 1.82) is 0 Å². The minimum Gasteiger partial charge on any atom is -0.356 e. The van der Waals surface area contributed by atoms with Crippen molar-refractivity contribution in [3.63, 3.8) is 0 Å². The second kappa shape index (κ2) is 11.1. The van der Waals surface area contributed by atoms with E-state index in [0.717, 1.165) is 44.3 Å². The van der Waals surface area contributed by atoms with Gasteiger partial charge in [0.1, 0.15) is 0 Å². The van der Waals surface area contributed by atoms with Crippen molar-refractivity contribution in [2.24, 2.45) is 4.99 Å². The van der Waals surface area contributed by atoms with Gasteiger partial charge in [-0.1, -0.05) is 19.0 Å². The number of hydrogen-bond donors (Lipinski definition) is 2. The molecule has 0 aliphatic heterocycles. The second-order valence-corrected chi connectivity index (χ2v) is 7.16. The van der Waals surface area contributed by atoms with Crippen molar-refractivity contribution >= 4 is 5.96 Å². The van der Waals surface area contributed by atoms with Crippen LogP contribution < -0.4 is 10.6 Å². The van der Waals surface area contributed by atoms with Crippen LogP contribution >= 0.6 is 0 Å².